The molecule has 0 heteroatoms. The minimum absolute atomic E-state index is 1.13. The van der Waals surface area contributed by atoms with Crippen molar-refractivity contribution in [2.75, 3.05) is 0 Å². The maximum atomic E-state index is 3.74. The number of hydrogen-bond donors (Lipinski definition) is 0. The fourth-order valence-corrected chi connectivity index (χ4v) is 0.957. The molecule has 0 spiro atoms. The van der Waals surface area contributed by atoms with E-state index in [1.54, 1.807) is 6.08 Å². The second kappa shape index (κ2) is 6.41. The third kappa shape index (κ3) is 3.20. The molecule has 0 nitrogen and oxygen atoms in total. The Bertz CT molecular complexity index is 237. The van der Waals surface area contributed by atoms with Gasteiger partial charge in [0.2, 0.25) is 0 Å². The van der Waals surface area contributed by atoms with E-state index >= 15 is 0 Å². The standard InChI is InChI=1S/C12H16/c1-5-9-12(10-6-2)11(7-3)8-4/h5-10H,1,3H2,2,4H3/b10-6+,11-8+,12-9+. The van der Waals surface area contributed by atoms with Crippen LogP contribution < -0.4 is 0 Å². The van der Waals surface area contributed by atoms with Crippen LogP contribution in [0.2, 0.25) is 0 Å². The summed E-state index contributed by atoms with van der Waals surface area (Å²) in [5, 5.41) is 0. The van der Waals surface area contributed by atoms with Gasteiger partial charge in [0, 0.05) is 0 Å². The molecule has 64 valence electrons. The van der Waals surface area contributed by atoms with Crippen LogP contribution in [0.5, 0.6) is 0 Å². The summed E-state index contributed by atoms with van der Waals surface area (Å²) < 4.78 is 0. The van der Waals surface area contributed by atoms with Gasteiger partial charge in [0.05, 0.1) is 0 Å². The Hall–Kier alpha value is -1.30. The summed E-state index contributed by atoms with van der Waals surface area (Å²) in [5.74, 6) is 0. The molecule has 0 aliphatic carbocycles. The first kappa shape index (κ1) is 10.7. The van der Waals surface area contributed by atoms with Crippen molar-refractivity contribution in [3.05, 3.63) is 60.8 Å². The lowest BCUT2D eigenvalue weighted by molar-refractivity contribution is 1.49. The van der Waals surface area contributed by atoms with E-state index in [0.29, 0.717) is 0 Å². The highest BCUT2D eigenvalue weighted by Gasteiger charge is 1.92. The summed E-state index contributed by atoms with van der Waals surface area (Å²) in [6.07, 6.45) is 11.7. The fraction of sp³-hybridized carbons (Fsp3) is 0.167. The molecule has 0 aromatic rings. The average Bonchev–Trinajstić information content (AvgIpc) is 2.07. The minimum Gasteiger partial charge on any atom is -0.0990 e. The normalized spacial score (nSPS) is 13.5. The van der Waals surface area contributed by atoms with Crippen LogP contribution in [-0.4, -0.2) is 0 Å². The van der Waals surface area contributed by atoms with Crippen molar-refractivity contribution in [2.45, 2.75) is 13.8 Å². The highest BCUT2D eigenvalue weighted by Crippen LogP contribution is 2.12. The molecular formula is C12H16. The van der Waals surface area contributed by atoms with Crippen LogP contribution in [0.15, 0.2) is 60.8 Å². The Kier molecular flexibility index (Phi) is 5.72. The highest BCUT2D eigenvalue weighted by atomic mass is 14.0. The van der Waals surface area contributed by atoms with Crippen molar-refractivity contribution in [3.8, 4) is 0 Å². The molecule has 0 atom stereocenters. The fourth-order valence-electron chi connectivity index (χ4n) is 0.957. The maximum absolute atomic E-state index is 3.74. The van der Waals surface area contributed by atoms with Gasteiger partial charge in [-0.2, -0.15) is 0 Å². The van der Waals surface area contributed by atoms with Crippen LogP contribution in [-0.2, 0) is 0 Å². The summed E-state index contributed by atoms with van der Waals surface area (Å²) >= 11 is 0. The lowest BCUT2D eigenvalue weighted by Gasteiger charge is -2.00. The van der Waals surface area contributed by atoms with Gasteiger partial charge in [-0.1, -0.05) is 49.6 Å². The van der Waals surface area contributed by atoms with Crippen molar-refractivity contribution in [1.29, 1.82) is 0 Å². The molecule has 0 heterocycles. The van der Waals surface area contributed by atoms with E-state index in [0.717, 1.165) is 11.1 Å². The Morgan fingerprint density at radius 3 is 2.08 bits per heavy atom. The van der Waals surface area contributed by atoms with Crippen molar-refractivity contribution in [3.63, 3.8) is 0 Å². The van der Waals surface area contributed by atoms with E-state index in [1.165, 1.54) is 0 Å². The van der Waals surface area contributed by atoms with Gasteiger partial charge in [0.1, 0.15) is 0 Å². The first-order chi connectivity index (χ1) is 5.79. The number of allylic oxidation sites excluding steroid dienone is 8. The van der Waals surface area contributed by atoms with Crippen LogP contribution in [0.3, 0.4) is 0 Å². The Morgan fingerprint density at radius 1 is 1.08 bits per heavy atom. The van der Waals surface area contributed by atoms with Gasteiger partial charge in [-0.25, -0.2) is 0 Å². The third-order valence-electron chi connectivity index (χ3n) is 1.51. The first-order valence-electron chi connectivity index (χ1n) is 4.04. The van der Waals surface area contributed by atoms with Crippen LogP contribution in [0.25, 0.3) is 0 Å². The minimum atomic E-state index is 1.13. The van der Waals surface area contributed by atoms with Crippen molar-refractivity contribution >= 4 is 0 Å². The summed E-state index contributed by atoms with van der Waals surface area (Å²) in [6, 6.07) is 0. The Balaban J connectivity index is 4.84. The molecule has 0 saturated carbocycles. The van der Waals surface area contributed by atoms with Crippen molar-refractivity contribution < 1.29 is 0 Å². The maximum Gasteiger partial charge on any atom is -0.0191 e. The van der Waals surface area contributed by atoms with Crippen molar-refractivity contribution in [1.82, 2.24) is 0 Å². The van der Waals surface area contributed by atoms with E-state index in [9.17, 15) is 0 Å². The predicted molar refractivity (Wildman–Crippen MR) is 57.0 cm³/mol. The van der Waals surface area contributed by atoms with E-state index in [-0.39, 0.29) is 0 Å². The average molecular weight is 160 g/mol. The zero-order valence-electron chi connectivity index (χ0n) is 7.88. The van der Waals surface area contributed by atoms with Gasteiger partial charge < -0.3 is 0 Å². The van der Waals surface area contributed by atoms with E-state index in [2.05, 4.69) is 13.2 Å². The molecule has 0 aliphatic rings. The molecule has 0 aromatic heterocycles. The quantitative estimate of drug-likeness (QED) is 0.549. The highest BCUT2D eigenvalue weighted by molar-refractivity contribution is 5.46. The van der Waals surface area contributed by atoms with E-state index < -0.39 is 0 Å². The van der Waals surface area contributed by atoms with Crippen LogP contribution >= 0.6 is 0 Å². The summed E-state index contributed by atoms with van der Waals surface area (Å²) in [4.78, 5) is 0. The molecule has 0 saturated heterocycles. The summed E-state index contributed by atoms with van der Waals surface area (Å²) in [6.45, 7) is 11.4. The predicted octanol–water partition coefficient (Wildman–Crippen LogP) is 3.81. The molecule has 12 heavy (non-hydrogen) atoms. The second-order valence-corrected chi connectivity index (χ2v) is 2.31. The van der Waals surface area contributed by atoms with Crippen LogP contribution in [0, 0.1) is 0 Å². The first-order valence-corrected chi connectivity index (χ1v) is 4.04. The van der Waals surface area contributed by atoms with Gasteiger partial charge in [0.15, 0.2) is 0 Å². The summed E-state index contributed by atoms with van der Waals surface area (Å²) in [5.41, 5.74) is 2.28. The van der Waals surface area contributed by atoms with E-state index in [4.69, 9.17) is 0 Å². The SMILES string of the molecule is C=C/C=C(\C=C\C)C(/C=C)=C/C. The topological polar surface area (TPSA) is 0 Å². The molecule has 0 bridgehead atoms. The molecule has 0 rings (SSSR count). The monoisotopic (exact) mass is 160 g/mol. The molecule has 0 amide bonds. The third-order valence-corrected chi connectivity index (χ3v) is 1.51. The van der Waals surface area contributed by atoms with E-state index in [1.807, 2.05) is 44.2 Å². The zero-order chi connectivity index (χ0) is 9.40. The van der Waals surface area contributed by atoms with Crippen LogP contribution in [0.1, 0.15) is 13.8 Å². The molecule has 0 fully saturated rings. The molecular weight excluding hydrogens is 144 g/mol. The Labute approximate surface area is 75.3 Å². The molecule has 0 N–H and O–H groups in total. The van der Waals surface area contributed by atoms with Gasteiger partial charge in [-0.15, -0.1) is 0 Å². The number of hydrogen-bond acceptors (Lipinski definition) is 0. The largest absolute Gasteiger partial charge is 0.0990 e. The van der Waals surface area contributed by atoms with Gasteiger partial charge in [-0.3, -0.25) is 0 Å². The molecule has 0 unspecified atom stereocenters. The van der Waals surface area contributed by atoms with Crippen LogP contribution in [0.4, 0.5) is 0 Å². The second-order valence-electron chi connectivity index (χ2n) is 2.31. The lowest BCUT2D eigenvalue weighted by atomic mass is 10.1. The Morgan fingerprint density at radius 2 is 1.75 bits per heavy atom. The lowest BCUT2D eigenvalue weighted by Crippen LogP contribution is -1.80. The smallest absolute Gasteiger partial charge is 0.0191 e. The van der Waals surface area contributed by atoms with Gasteiger partial charge in [0.25, 0.3) is 0 Å². The molecule has 0 aromatic carbocycles. The van der Waals surface area contributed by atoms with Gasteiger partial charge in [-0.05, 0) is 25.0 Å². The van der Waals surface area contributed by atoms with Gasteiger partial charge >= 0.3 is 0 Å². The molecule has 0 aliphatic heterocycles. The summed E-state index contributed by atoms with van der Waals surface area (Å²) in [7, 11) is 0. The zero-order valence-corrected chi connectivity index (χ0v) is 7.88. The molecule has 0 radical (unpaired) electrons. The van der Waals surface area contributed by atoms with Crippen molar-refractivity contribution in [2.24, 2.45) is 0 Å². The number of rotatable bonds is 4.